The molecule has 0 aliphatic rings. The van der Waals surface area contributed by atoms with E-state index < -0.39 is 0 Å². The van der Waals surface area contributed by atoms with Crippen molar-refractivity contribution >= 4 is 11.6 Å². The van der Waals surface area contributed by atoms with E-state index in [2.05, 4.69) is 56.5 Å². The van der Waals surface area contributed by atoms with E-state index in [0.29, 0.717) is 12.5 Å². The van der Waals surface area contributed by atoms with Crippen molar-refractivity contribution < 1.29 is 4.79 Å². The van der Waals surface area contributed by atoms with E-state index in [0.717, 1.165) is 18.7 Å². The second-order valence-corrected chi connectivity index (χ2v) is 5.60. The van der Waals surface area contributed by atoms with Gasteiger partial charge in [0.1, 0.15) is 0 Å². The van der Waals surface area contributed by atoms with E-state index in [1.165, 1.54) is 24.0 Å². The van der Waals surface area contributed by atoms with Crippen LogP contribution in [0.1, 0.15) is 57.1 Å². The lowest BCUT2D eigenvalue weighted by Gasteiger charge is -2.17. The van der Waals surface area contributed by atoms with E-state index in [-0.39, 0.29) is 5.91 Å². The van der Waals surface area contributed by atoms with Gasteiger partial charge in [0, 0.05) is 12.2 Å². The highest BCUT2D eigenvalue weighted by molar-refractivity contribution is 5.81. The number of aryl methyl sites for hydroxylation is 1. The van der Waals surface area contributed by atoms with Crippen LogP contribution >= 0.6 is 0 Å². The Morgan fingerprint density at radius 1 is 1.25 bits per heavy atom. The summed E-state index contributed by atoms with van der Waals surface area (Å²) in [5.74, 6) is 0.518. The quantitative estimate of drug-likeness (QED) is 0.708. The third-order valence-corrected chi connectivity index (χ3v) is 3.46. The Morgan fingerprint density at radius 3 is 2.65 bits per heavy atom. The standard InChI is InChI=1S/C17H28N2O/c1-5-6-7-11-18-16(20)12-19-17-14(4)9-8-10-15(17)13(2)3/h8-10,13,19H,5-7,11-12H2,1-4H3,(H,18,20). The Bertz CT molecular complexity index is 427. The molecule has 112 valence electrons. The summed E-state index contributed by atoms with van der Waals surface area (Å²) in [6.45, 7) is 9.70. The van der Waals surface area contributed by atoms with E-state index >= 15 is 0 Å². The lowest BCUT2D eigenvalue weighted by Crippen LogP contribution is -2.31. The first-order valence-corrected chi connectivity index (χ1v) is 7.66. The fourth-order valence-electron chi connectivity index (χ4n) is 2.25. The molecule has 0 saturated heterocycles. The van der Waals surface area contributed by atoms with Crippen LogP contribution in [0.3, 0.4) is 0 Å². The topological polar surface area (TPSA) is 41.1 Å². The molecule has 1 aromatic rings. The molecule has 1 amide bonds. The number of unbranched alkanes of at least 4 members (excludes halogenated alkanes) is 2. The van der Waals surface area contributed by atoms with Crippen LogP contribution in [-0.4, -0.2) is 19.0 Å². The number of benzene rings is 1. The van der Waals surface area contributed by atoms with Gasteiger partial charge in [0.25, 0.3) is 0 Å². The first kappa shape index (κ1) is 16.5. The molecule has 0 saturated carbocycles. The van der Waals surface area contributed by atoms with Gasteiger partial charge in [0.15, 0.2) is 0 Å². The van der Waals surface area contributed by atoms with Gasteiger partial charge in [-0.25, -0.2) is 0 Å². The molecular formula is C17H28N2O. The summed E-state index contributed by atoms with van der Waals surface area (Å²) < 4.78 is 0. The lowest BCUT2D eigenvalue weighted by molar-refractivity contribution is -0.119. The minimum atomic E-state index is 0.0686. The van der Waals surface area contributed by atoms with Crippen LogP contribution in [0.15, 0.2) is 18.2 Å². The zero-order valence-electron chi connectivity index (χ0n) is 13.3. The first-order chi connectivity index (χ1) is 9.56. The molecule has 0 fully saturated rings. The van der Waals surface area contributed by atoms with Gasteiger partial charge in [0.2, 0.25) is 5.91 Å². The maximum absolute atomic E-state index is 11.8. The molecular weight excluding hydrogens is 248 g/mol. The van der Waals surface area contributed by atoms with Gasteiger partial charge in [-0.2, -0.15) is 0 Å². The zero-order chi connectivity index (χ0) is 15.0. The molecule has 3 heteroatoms. The summed E-state index contributed by atoms with van der Waals surface area (Å²) in [7, 11) is 0. The molecule has 0 heterocycles. The highest BCUT2D eigenvalue weighted by Gasteiger charge is 2.09. The van der Waals surface area contributed by atoms with Crippen molar-refractivity contribution in [1.29, 1.82) is 0 Å². The van der Waals surface area contributed by atoms with Gasteiger partial charge in [-0.15, -0.1) is 0 Å². The summed E-state index contributed by atoms with van der Waals surface area (Å²) >= 11 is 0. The molecule has 0 aromatic heterocycles. The third kappa shape index (κ3) is 5.24. The molecule has 0 atom stereocenters. The van der Waals surface area contributed by atoms with Crippen molar-refractivity contribution in [1.82, 2.24) is 5.32 Å². The molecule has 0 radical (unpaired) electrons. The molecule has 20 heavy (non-hydrogen) atoms. The average Bonchev–Trinajstić information content (AvgIpc) is 2.42. The summed E-state index contributed by atoms with van der Waals surface area (Å²) in [5.41, 5.74) is 3.56. The van der Waals surface area contributed by atoms with Crippen LogP contribution in [0.25, 0.3) is 0 Å². The minimum Gasteiger partial charge on any atom is -0.376 e. The van der Waals surface area contributed by atoms with Crippen LogP contribution in [0.5, 0.6) is 0 Å². The molecule has 0 unspecified atom stereocenters. The van der Waals surface area contributed by atoms with Gasteiger partial charge in [-0.1, -0.05) is 51.8 Å². The highest BCUT2D eigenvalue weighted by Crippen LogP contribution is 2.27. The SMILES string of the molecule is CCCCCNC(=O)CNc1c(C)cccc1C(C)C. The van der Waals surface area contributed by atoms with Crippen molar-refractivity contribution in [2.24, 2.45) is 0 Å². The largest absolute Gasteiger partial charge is 0.376 e. The normalized spacial score (nSPS) is 10.7. The fourth-order valence-corrected chi connectivity index (χ4v) is 2.25. The molecule has 1 rings (SSSR count). The van der Waals surface area contributed by atoms with Crippen LogP contribution < -0.4 is 10.6 Å². The van der Waals surface area contributed by atoms with Crippen molar-refractivity contribution in [3.8, 4) is 0 Å². The molecule has 0 spiro atoms. The van der Waals surface area contributed by atoms with Crippen molar-refractivity contribution in [3.63, 3.8) is 0 Å². The average molecular weight is 276 g/mol. The number of rotatable bonds is 8. The number of para-hydroxylation sites is 1. The van der Waals surface area contributed by atoms with Gasteiger partial charge in [-0.05, 0) is 30.4 Å². The Kier molecular flexibility index (Phi) is 7.13. The highest BCUT2D eigenvalue weighted by atomic mass is 16.1. The number of nitrogens with one attached hydrogen (secondary N) is 2. The number of carbonyl (C=O) groups excluding carboxylic acids is 1. The van der Waals surface area contributed by atoms with Gasteiger partial charge in [0.05, 0.1) is 6.54 Å². The summed E-state index contributed by atoms with van der Waals surface area (Å²) in [5, 5.41) is 6.25. The molecule has 1 aromatic carbocycles. The first-order valence-electron chi connectivity index (χ1n) is 7.66. The second-order valence-electron chi connectivity index (χ2n) is 5.60. The minimum absolute atomic E-state index is 0.0686. The van der Waals surface area contributed by atoms with Gasteiger partial charge >= 0.3 is 0 Å². The number of anilines is 1. The van der Waals surface area contributed by atoms with Gasteiger partial charge < -0.3 is 10.6 Å². The van der Waals surface area contributed by atoms with E-state index in [4.69, 9.17) is 0 Å². The number of carbonyl (C=O) groups is 1. The third-order valence-electron chi connectivity index (χ3n) is 3.46. The van der Waals surface area contributed by atoms with Crippen molar-refractivity contribution in [3.05, 3.63) is 29.3 Å². The van der Waals surface area contributed by atoms with E-state index in [9.17, 15) is 4.79 Å². The predicted molar refractivity (Wildman–Crippen MR) is 86.3 cm³/mol. The van der Waals surface area contributed by atoms with Crippen LogP contribution in [-0.2, 0) is 4.79 Å². The smallest absolute Gasteiger partial charge is 0.239 e. The lowest BCUT2D eigenvalue weighted by atomic mass is 9.98. The fraction of sp³-hybridized carbons (Fsp3) is 0.588. The second kappa shape index (κ2) is 8.62. The molecule has 0 bridgehead atoms. The number of amides is 1. The number of hydrogen-bond donors (Lipinski definition) is 2. The molecule has 0 aliphatic heterocycles. The number of hydrogen-bond acceptors (Lipinski definition) is 2. The summed E-state index contributed by atoms with van der Waals surface area (Å²) in [4.78, 5) is 11.8. The van der Waals surface area contributed by atoms with Crippen LogP contribution in [0, 0.1) is 6.92 Å². The van der Waals surface area contributed by atoms with Crippen molar-refractivity contribution in [2.45, 2.75) is 52.9 Å². The van der Waals surface area contributed by atoms with Crippen LogP contribution in [0.2, 0.25) is 0 Å². The molecule has 0 aliphatic carbocycles. The summed E-state index contributed by atoms with van der Waals surface area (Å²) in [6.07, 6.45) is 3.40. The monoisotopic (exact) mass is 276 g/mol. The van der Waals surface area contributed by atoms with E-state index in [1.807, 2.05) is 0 Å². The Hall–Kier alpha value is -1.51. The predicted octanol–water partition coefficient (Wildman–Crippen LogP) is 3.84. The van der Waals surface area contributed by atoms with Gasteiger partial charge in [-0.3, -0.25) is 4.79 Å². The summed E-state index contributed by atoms with van der Waals surface area (Å²) in [6, 6.07) is 6.27. The van der Waals surface area contributed by atoms with Crippen molar-refractivity contribution in [2.75, 3.05) is 18.4 Å². The maximum Gasteiger partial charge on any atom is 0.239 e. The molecule has 3 nitrogen and oxygen atoms in total. The maximum atomic E-state index is 11.8. The van der Waals surface area contributed by atoms with E-state index in [1.54, 1.807) is 0 Å². The Labute approximate surface area is 123 Å². The zero-order valence-corrected chi connectivity index (χ0v) is 13.3. The molecule has 2 N–H and O–H groups in total. The Morgan fingerprint density at radius 2 is 2.00 bits per heavy atom. The Balaban J connectivity index is 2.51. The van der Waals surface area contributed by atoms with Crippen LogP contribution in [0.4, 0.5) is 5.69 Å².